The number of nitrogens with one attached hydrogen (secondary N) is 1. The van der Waals surface area contributed by atoms with Gasteiger partial charge in [-0.25, -0.2) is 0 Å². The lowest BCUT2D eigenvalue weighted by molar-refractivity contribution is -0.117. The second kappa shape index (κ2) is 5.60. The minimum atomic E-state index is -0.172. The maximum Gasteiger partial charge on any atom is 0.246 e. The van der Waals surface area contributed by atoms with Crippen molar-refractivity contribution in [2.75, 3.05) is 16.8 Å². The summed E-state index contributed by atoms with van der Waals surface area (Å²) in [5, 5.41) is 3.01. The molecule has 0 saturated carbocycles. The fourth-order valence-corrected chi connectivity index (χ4v) is 2.88. The van der Waals surface area contributed by atoms with Gasteiger partial charge in [0, 0.05) is 17.9 Å². The summed E-state index contributed by atoms with van der Waals surface area (Å²) in [6, 6.07) is 16.0. The summed E-state index contributed by atoms with van der Waals surface area (Å²) in [6.45, 7) is 4.89. The molecule has 0 radical (unpaired) electrons. The summed E-state index contributed by atoms with van der Waals surface area (Å²) >= 11 is 0. The first-order valence-corrected chi connectivity index (χ1v) is 7.37. The predicted molar refractivity (Wildman–Crippen MR) is 86.8 cm³/mol. The number of amides is 1. The number of rotatable bonds is 3. The highest BCUT2D eigenvalue weighted by Gasteiger charge is 2.27. The van der Waals surface area contributed by atoms with Gasteiger partial charge in [0.25, 0.3) is 0 Å². The number of hydrogen-bond donors (Lipinski definition) is 1. The number of fused-ring (bicyclic) bond motifs is 1. The van der Waals surface area contributed by atoms with Gasteiger partial charge in [0.05, 0.1) is 0 Å². The Hall–Kier alpha value is -2.29. The Bertz CT molecular complexity index is 666. The van der Waals surface area contributed by atoms with Crippen molar-refractivity contribution < 1.29 is 4.79 Å². The minimum absolute atomic E-state index is 0.0392. The van der Waals surface area contributed by atoms with Crippen LogP contribution in [0.15, 0.2) is 48.5 Å². The van der Waals surface area contributed by atoms with E-state index in [1.165, 1.54) is 11.3 Å². The topological polar surface area (TPSA) is 32.3 Å². The molecule has 0 fully saturated rings. The predicted octanol–water partition coefficient (Wildman–Crippen LogP) is 3.38. The third-order valence-corrected chi connectivity index (χ3v) is 4.06. The zero-order chi connectivity index (χ0) is 14.8. The molecule has 3 nitrogen and oxygen atoms in total. The van der Waals surface area contributed by atoms with E-state index in [0.29, 0.717) is 0 Å². The zero-order valence-corrected chi connectivity index (χ0v) is 12.5. The van der Waals surface area contributed by atoms with E-state index in [0.717, 1.165) is 24.2 Å². The van der Waals surface area contributed by atoms with Gasteiger partial charge in [-0.2, -0.15) is 0 Å². The number of hydrogen-bond acceptors (Lipinski definition) is 2. The molecule has 3 heteroatoms. The van der Waals surface area contributed by atoms with Crippen molar-refractivity contribution in [1.29, 1.82) is 0 Å². The fourth-order valence-electron chi connectivity index (χ4n) is 2.88. The van der Waals surface area contributed by atoms with Crippen LogP contribution in [-0.4, -0.2) is 18.5 Å². The number of aryl methyl sites for hydroxylation is 1. The molecule has 0 saturated heterocycles. The minimum Gasteiger partial charge on any atom is -0.359 e. The lowest BCUT2D eigenvalue weighted by Crippen LogP contribution is -2.41. The first kappa shape index (κ1) is 13.7. The number of carbonyl (C=O) groups excluding carboxylic acids is 1. The Morgan fingerprint density at radius 1 is 1.19 bits per heavy atom. The van der Waals surface area contributed by atoms with E-state index < -0.39 is 0 Å². The van der Waals surface area contributed by atoms with Gasteiger partial charge in [-0.3, -0.25) is 4.79 Å². The second-order valence-corrected chi connectivity index (χ2v) is 5.61. The van der Waals surface area contributed by atoms with Crippen LogP contribution in [0.4, 0.5) is 11.4 Å². The van der Waals surface area contributed by atoms with Crippen molar-refractivity contribution in [2.45, 2.75) is 26.3 Å². The van der Waals surface area contributed by atoms with Crippen LogP contribution in [0.2, 0.25) is 0 Å². The summed E-state index contributed by atoms with van der Waals surface area (Å²) in [6.07, 6.45) is 1.01. The first-order chi connectivity index (χ1) is 10.1. The van der Waals surface area contributed by atoms with Crippen LogP contribution >= 0.6 is 0 Å². The van der Waals surface area contributed by atoms with Crippen LogP contribution in [-0.2, 0) is 11.2 Å². The average Bonchev–Trinajstić information content (AvgIpc) is 2.90. The summed E-state index contributed by atoms with van der Waals surface area (Å²) in [7, 11) is 0. The number of carbonyl (C=O) groups is 1. The molecule has 1 aliphatic rings. The molecule has 2 aromatic carbocycles. The quantitative estimate of drug-likeness (QED) is 0.934. The third-order valence-electron chi connectivity index (χ3n) is 4.06. The monoisotopic (exact) mass is 280 g/mol. The van der Waals surface area contributed by atoms with Gasteiger partial charge in [-0.05, 0) is 49.6 Å². The Morgan fingerprint density at radius 3 is 2.81 bits per heavy atom. The molecule has 0 spiro atoms. The smallest absolute Gasteiger partial charge is 0.246 e. The van der Waals surface area contributed by atoms with Crippen LogP contribution in [0.1, 0.15) is 18.1 Å². The summed E-state index contributed by atoms with van der Waals surface area (Å²) < 4.78 is 0. The van der Waals surface area contributed by atoms with Crippen molar-refractivity contribution in [3.8, 4) is 0 Å². The maximum atomic E-state index is 12.5. The van der Waals surface area contributed by atoms with Crippen molar-refractivity contribution in [3.63, 3.8) is 0 Å². The number of para-hydroxylation sites is 1. The molecule has 0 bridgehead atoms. The molecule has 1 aliphatic heterocycles. The Balaban J connectivity index is 1.74. The SMILES string of the molecule is Cc1cccc(NC(=O)[C@H](C)N2CCc3ccccc32)c1. The van der Waals surface area contributed by atoms with Crippen molar-refractivity contribution >= 4 is 17.3 Å². The van der Waals surface area contributed by atoms with Gasteiger partial charge in [0.1, 0.15) is 6.04 Å². The van der Waals surface area contributed by atoms with E-state index in [4.69, 9.17) is 0 Å². The Morgan fingerprint density at radius 2 is 2.00 bits per heavy atom. The van der Waals surface area contributed by atoms with Crippen LogP contribution < -0.4 is 10.2 Å². The lowest BCUT2D eigenvalue weighted by Gasteiger charge is -2.26. The van der Waals surface area contributed by atoms with Gasteiger partial charge in [-0.15, -0.1) is 0 Å². The molecular formula is C18H20N2O. The molecule has 2 aromatic rings. The molecule has 1 N–H and O–H groups in total. The molecule has 1 heterocycles. The van der Waals surface area contributed by atoms with Crippen molar-refractivity contribution in [2.24, 2.45) is 0 Å². The van der Waals surface area contributed by atoms with E-state index in [9.17, 15) is 4.79 Å². The van der Waals surface area contributed by atoms with Crippen LogP contribution in [0.3, 0.4) is 0 Å². The van der Waals surface area contributed by atoms with E-state index in [1.807, 2.05) is 44.2 Å². The molecule has 1 amide bonds. The van der Waals surface area contributed by atoms with Crippen LogP contribution in [0.25, 0.3) is 0 Å². The normalized spacial score (nSPS) is 14.7. The Kier molecular flexibility index (Phi) is 3.65. The summed E-state index contributed by atoms with van der Waals surface area (Å²) in [5.74, 6) is 0.0392. The number of nitrogens with zero attached hydrogens (tertiary/aromatic N) is 1. The molecule has 1 atom stereocenters. The molecule has 3 rings (SSSR count). The highest BCUT2D eigenvalue weighted by atomic mass is 16.2. The standard InChI is InChI=1S/C18H20N2O/c1-13-6-5-8-16(12-13)19-18(21)14(2)20-11-10-15-7-3-4-9-17(15)20/h3-9,12,14H,10-11H2,1-2H3,(H,19,21)/t14-/m0/s1. The lowest BCUT2D eigenvalue weighted by atomic mass is 10.1. The van der Waals surface area contributed by atoms with Crippen LogP contribution in [0.5, 0.6) is 0 Å². The molecule has 0 aromatic heterocycles. The van der Waals surface area contributed by atoms with Gasteiger partial charge < -0.3 is 10.2 Å². The van der Waals surface area contributed by atoms with Gasteiger partial charge in [-0.1, -0.05) is 30.3 Å². The van der Waals surface area contributed by atoms with E-state index in [1.54, 1.807) is 0 Å². The van der Waals surface area contributed by atoms with E-state index in [2.05, 4.69) is 28.4 Å². The van der Waals surface area contributed by atoms with E-state index in [-0.39, 0.29) is 11.9 Å². The number of anilines is 2. The van der Waals surface area contributed by atoms with Gasteiger partial charge in [0.2, 0.25) is 5.91 Å². The second-order valence-electron chi connectivity index (χ2n) is 5.61. The van der Waals surface area contributed by atoms with Crippen LogP contribution in [0, 0.1) is 6.92 Å². The summed E-state index contributed by atoms with van der Waals surface area (Å²) in [4.78, 5) is 14.6. The molecule has 0 aliphatic carbocycles. The molecule has 21 heavy (non-hydrogen) atoms. The maximum absolute atomic E-state index is 12.5. The highest BCUT2D eigenvalue weighted by Crippen LogP contribution is 2.29. The average molecular weight is 280 g/mol. The van der Waals surface area contributed by atoms with Crippen molar-refractivity contribution in [1.82, 2.24) is 0 Å². The number of benzene rings is 2. The van der Waals surface area contributed by atoms with Gasteiger partial charge in [0.15, 0.2) is 0 Å². The fraction of sp³-hybridized carbons (Fsp3) is 0.278. The summed E-state index contributed by atoms with van der Waals surface area (Å²) in [5.41, 5.74) is 4.52. The molecule has 108 valence electrons. The molecule has 0 unspecified atom stereocenters. The zero-order valence-electron chi connectivity index (χ0n) is 12.5. The van der Waals surface area contributed by atoms with E-state index >= 15 is 0 Å². The highest BCUT2D eigenvalue weighted by molar-refractivity contribution is 5.97. The Labute approximate surface area is 125 Å². The van der Waals surface area contributed by atoms with Crippen molar-refractivity contribution in [3.05, 3.63) is 59.7 Å². The molecular weight excluding hydrogens is 260 g/mol. The first-order valence-electron chi connectivity index (χ1n) is 7.37. The largest absolute Gasteiger partial charge is 0.359 e. The third kappa shape index (κ3) is 2.77. The van der Waals surface area contributed by atoms with Gasteiger partial charge >= 0.3 is 0 Å².